The Balaban J connectivity index is 2.27. The second kappa shape index (κ2) is 6.57. The van der Waals surface area contributed by atoms with Crippen molar-refractivity contribution in [2.45, 2.75) is 32.6 Å². The number of hydrogen-bond acceptors (Lipinski definition) is 2. The molecule has 0 fully saturated rings. The summed E-state index contributed by atoms with van der Waals surface area (Å²) in [5.41, 5.74) is 1.12. The first-order chi connectivity index (χ1) is 7.88. The predicted octanol–water partition coefficient (Wildman–Crippen LogP) is 4.45. The van der Waals surface area contributed by atoms with Gasteiger partial charge in [0.2, 0.25) is 0 Å². The Bertz CT molecular complexity index is 361. The Morgan fingerprint density at radius 2 is 1.94 bits per heavy atom. The van der Waals surface area contributed by atoms with E-state index in [9.17, 15) is 0 Å². The lowest BCUT2D eigenvalue weighted by molar-refractivity contribution is 0.0216. The van der Waals surface area contributed by atoms with Gasteiger partial charge in [-0.05, 0) is 36.7 Å². The van der Waals surface area contributed by atoms with Crippen LogP contribution in [0.5, 0.6) is 5.75 Å². The van der Waals surface area contributed by atoms with Gasteiger partial charge in [-0.2, -0.15) is 0 Å². The molecule has 0 N–H and O–H groups in total. The summed E-state index contributed by atoms with van der Waals surface area (Å²) in [7, 11) is -0.992. The van der Waals surface area contributed by atoms with Gasteiger partial charge in [-0.1, -0.05) is 35.6 Å². The highest BCUT2D eigenvalue weighted by Gasteiger charge is 2.11. The molecule has 0 saturated heterocycles. The lowest BCUT2D eigenvalue weighted by Gasteiger charge is -2.16. The number of aryl methyl sites for hydroxylation is 1. The van der Waals surface area contributed by atoms with Gasteiger partial charge in [-0.15, -0.1) is 0 Å². The normalized spacial score (nSPS) is 11.6. The number of hydrogen-bond donors (Lipinski definition) is 0. The van der Waals surface area contributed by atoms with Crippen molar-refractivity contribution in [3.05, 3.63) is 28.2 Å². The zero-order valence-corrected chi connectivity index (χ0v) is 13.6. The fourth-order valence-electron chi connectivity index (χ4n) is 1.32. The van der Waals surface area contributed by atoms with E-state index in [0.717, 1.165) is 22.4 Å². The first-order valence-electron chi connectivity index (χ1n) is 5.85. The molecule has 0 radical (unpaired) electrons. The standard InChI is InChI=1S/C13H21BrO2Si/c1-11-9-12(14)5-6-13(11)16-10-15-7-8-17(2,3)4/h5-6,9H,7-8,10H2,1-4H3. The molecular formula is C13H21BrO2Si. The molecule has 96 valence electrons. The summed E-state index contributed by atoms with van der Waals surface area (Å²) in [5.74, 6) is 0.890. The van der Waals surface area contributed by atoms with Crippen LogP contribution in [-0.2, 0) is 4.74 Å². The van der Waals surface area contributed by atoms with Crippen LogP contribution >= 0.6 is 15.9 Å². The third kappa shape index (κ3) is 6.24. The lowest BCUT2D eigenvalue weighted by atomic mass is 10.2. The minimum atomic E-state index is -0.992. The molecule has 0 amide bonds. The molecule has 0 atom stereocenters. The van der Waals surface area contributed by atoms with Crippen molar-refractivity contribution >= 4 is 24.0 Å². The van der Waals surface area contributed by atoms with Gasteiger partial charge in [-0.25, -0.2) is 0 Å². The van der Waals surface area contributed by atoms with Crippen molar-refractivity contribution in [1.82, 2.24) is 0 Å². The van der Waals surface area contributed by atoms with E-state index < -0.39 is 8.07 Å². The largest absolute Gasteiger partial charge is 0.467 e. The summed E-state index contributed by atoms with van der Waals surface area (Å²) >= 11 is 3.43. The SMILES string of the molecule is Cc1cc(Br)ccc1OCOCC[Si](C)(C)C. The molecule has 0 aliphatic rings. The maximum absolute atomic E-state index is 5.58. The average molecular weight is 317 g/mol. The molecule has 1 rings (SSSR count). The molecule has 0 aliphatic heterocycles. The third-order valence-corrected chi connectivity index (χ3v) is 4.63. The maximum Gasteiger partial charge on any atom is 0.189 e. The van der Waals surface area contributed by atoms with E-state index in [-0.39, 0.29) is 0 Å². The molecule has 0 unspecified atom stereocenters. The fourth-order valence-corrected chi connectivity index (χ4v) is 2.55. The van der Waals surface area contributed by atoms with Crippen molar-refractivity contribution in [3.63, 3.8) is 0 Å². The van der Waals surface area contributed by atoms with E-state index >= 15 is 0 Å². The third-order valence-electron chi connectivity index (χ3n) is 2.43. The fraction of sp³-hybridized carbons (Fsp3) is 0.538. The van der Waals surface area contributed by atoms with E-state index in [2.05, 4.69) is 35.6 Å². The Morgan fingerprint density at radius 3 is 2.53 bits per heavy atom. The minimum absolute atomic E-state index is 0.340. The van der Waals surface area contributed by atoms with Crippen LogP contribution in [0.15, 0.2) is 22.7 Å². The molecule has 0 spiro atoms. The van der Waals surface area contributed by atoms with E-state index in [0.29, 0.717) is 6.79 Å². The Labute approximate surface area is 113 Å². The van der Waals surface area contributed by atoms with E-state index in [1.807, 2.05) is 25.1 Å². The van der Waals surface area contributed by atoms with Crippen LogP contribution < -0.4 is 4.74 Å². The highest BCUT2D eigenvalue weighted by molar-refractivity contribution is 9.10. The van der Waals surface area contributed by atoms with Gasteiger partial charge in [0.15, 0.2) is 6.79 Å². The second-order valence-electron chi connectivity index (χ2n) is 5.39. The molecular weight excluding hydrogens is 296 g/mol. The summed E-state index contributed by atoms with van der Waals surface area (Å²) in [6, 6.07) is 7.15. The van der Waals surface area contributed by atoms with Crippen LogP contribution in [0.1, 0.15) is 5.56 Å². The summed E-state index contributed by atoms with van der Waals surface area (Å²) in [6.07, 6.45) is 0. The first-order valence-corrected chi connectivity index (χ1v) is 10.4. The van der Waals surface area contributed by atoms with Crippen molar-refractivity contribution in [2.75, 3.05) is 13.4 Å². The molecule has 0 aliphatic carbocycles. The smallest absolute Gasteiger partial charge is 0.189 e. The van der Waals surface area contributed by atoms with Gasteiger partial charge in [-0.3, -0.25) is 0 Å². The highest BCUT2D eigenvalue weighted by atomic mass is 79.9. The van der Waals surface area contributed by atoms with Gasteiger partial charge in [0, 0.05) is 19.2 Å². The zero-order valence-electron chi connectivity index (χ0n) is 11.0. The summed E-state index contributed by atoms with van der Waals surface area (Å²) < 4.78 is 12.1. The topological polar surface area (TPSA) is 18.5 Å². The molecule has 1 aromatic rings. The molecule has 1 aromatic carbocycles. The monoisotopic (exact) mass is 316 g/mol. The Hall–Kier alpha value is -0.323. The first kappa shape index (κ1) is 14.7. The molecule has 2 nitrogen and oxygen atoms in total. The summed E-state index contributed by atoms with van der Waals surface area (Å²) in [6.45, 7) is 10.2. The van der Waals surface area contributed by atoms with E-state index in [4.69, 9.17) is 9.47 Å². The van der Waals surface area contributed by atoms with E-state index in [1.54, 1.807) is 0 Å². The van der Waals surface area contributed by atoms with Gasteiger partial charge in [0.25, 0.3) is 0 Å². The Morgan fingerprint density at radius 1 is 1.24 bits per heavy atom. The second-order valence-corrected chi connectivity index (χ2v) is 11.9. The molecule has 0 aromatic heterocycles. The van der Waals surface area contributed by atoms with Crippen LogP contribution in [0, 0.1) is 6.92 Å². The molecule has 17 heavy (non-hydrogen) atoms. The molecule has 0 bridgehead atoms. The van der Waals surface area contributed by atoms with Crippen LogP contribution in [0.2, 0.25) is 25.7 Å². The van der Waals surface area contributed by atoms with Crippen LogP contribution in [-0.4, -0.2) is 21.5 Å². The van der Waals surface area contributed by atoms with Gasteiger partial charge < -0.3 is 9.47 Å². The minimum Gasteiger partial charge on any atom is -0.467 e. The maximum atomic E-state index is 5.58. The van der Waals surface area contributed by atoms with E-state index in [1.165, 1.54) is 6.04 Å². The number of halogens is 1. The van der Waals surface area contributed by atoms with Gasteiger partial charge in [0.05, 0.1) is 0 Å². The van der Waals surface area contributed by atoms with Crippen molar-refractivity contribution < 1.29 is 9.47 Å². The zero-order chi connectivity index (χ0) is 12.9. The lowest BCUT2D eigenvalue weighted by Crippen LogP contribution is -2.22. The van der Waals surface area contributed by atoms with Crippen molar-refractivity contribution in [3.8, 4) is 5.75 Å². The van der Waals surface area contributed by atoms with Crippen LogP contribution in [0.3, 0.4) is 0 Å². The Kier molecular flexibility index (Phi) is 5.69. The van der Waals surface area contributed by atoms with Gasteiger partial charge >= 0.3 is 0 Å². The number of rotatable bonds is 6. The molecule has 4 heteroatoms. The van der Waals surface area contributed by atoms with Crippen molar-refractivity contribution in [1.29, 1.82) is 0 Å². The van der Waals surface area contributed by atoms with Crippen molar-refractivity contribution in [2.24, 2.45) is 0 Å². The highest BCUT2D eigenvalue weighted by Crippen LogP contribution is 2.22. The van der Waals surface area contributed by atoms with Crippen LogP contribution in [0.4, 0.5) is 0 Å². The average Bonchev–Trinajstić information content (AvgIpc) is 2.18. The number of benzene rings is 1. The van der Waals surface area contributed by atoms with Gasteiger partial charge in [0.1, 0.15) is 5.75 Å². The number of ether oxygens (including phenoxy) is 2. The predicted molar refractivity (Wildman–Crippen MR) is 78.5 cm³/mol. The van der Waals surface area contributed by atoms with Crippen LogP contribution in [0.25, 0.3) is 0 Å². The molecule has 0 heterocycles. The summed E-state index contributed by atoms with van der Waals surface area (Å²) in [5, 5.41) is 0. The quantitative estimate of drug-likeness (QED) is 0.438. The summed E-state index contributed by atoms with van der Waals surface area (Å²) in [4.78, 5) is 0. The molecule has 0 saturated carbocycles.